The van der Waals surface area contributed by atoms with Gasteiger partial charge in [0.15, 0.2) is 5.95 Å². The highest BCUT2D eigenvalue weighted by atomic mass is 32.2. The summed E-state index contributed by atoms with van der Waals surface area (Å²) in [5, 5.41) is 6.46. The second-order valence-electron chi connectivity index (χ2n) is 9.37. The van der Waals surface area contributed by atoms with E-state index >= 15 is 0 Å². The lowest BCUT2D eigenvalue weighted by molar-refractivity contribution is -0.136. The third-order valence-electron chi connectivity index (χ3n) is 6.96. The normalized spacial score (nSPS) is 17.8. The van der Waals surface area contributed by atoms with E-state index in [0.717, 1.165) is 37.8 Å². The number of hydrogen-bond donors (Lipinski definition) is 3. The number of piperidine rings is 1. The summed E-state index contributed by atoms with van der Waals surface area (Å²) in [6, 6.07) is 4.66. The van der Waals surface area contributed by atoms with Crippen LogP contribution in [-0.2, 0) is 21.2 Å². The van der Waals surface area contributed by atoms with Gasteiger partial charge in [0.2, 0.25) is 15.9 Å². The van der Waals surface area contributed by atoms with Crippen LogP contribution in [0.5, 0.6) is 0 Å². The van der Waals surface area contributed by atoms with Crippen molar-refractivity contribution in [2.75, 3.05) is 43.9 Å². The third kappa shape index (κ3) is 5.38. The fourth-order valence-corrected chi connectivity index (χ4v) is 6.33. The van der Waals surface area contributed by atoms with Gasteiger partial charge in [-0.2, -0.15) is 4.31 Å². The van der Waals surface area contributed by atoms with E-state index in [2.05, 4.69) is 27.5 Å². The van der Waals surface area contributed by atoms with Crippen molar-refractivity contribution in [2.24, 2.45) is 5.92 Å². The van der Waals surface area contributed by atoms with Crippen molar-refractivity contribution in [3.05, 3.63) is 36.2 Å². The molecular weight excluding hydrogens is 452 g/mol. The fourth-order valence-electron chi connectivity index (χ4n) is 4.78. The Kier molecular flexibility index (Phi) is 7.77. The van der Waals surface area contributed by atoms with Crippen LogP contribution < -0.4 is 10.6 Å². The number of aryl methyl sites for hydroxylation is 1. The summed E-state index contributed by atoms with van der Waals surface area (Å²) >= 11 is 0. The molecule has 2 aliphatic heterocycles. The number of likely N-dealkylation sites (tertiary alicyclic amines) is 1. The molecular formula is C24H36N6O3S. The molecule has 1 aromatic carbocycles. The number of benzene rings is 1. The van der Waals surface area contributed by atoms with Gasteiger partial charge in [0.1, 0.15) is 10.9 Å². The van der Waals surface area contributed by atoms with Gasteiger partial charge in [-0.15, -0.1) is 0 Å². The second-order valence-corrected chi connectivity index (χ2v) is 11.3. The van der Waals surface area contributed by atoms with Crippen molar-refractivity contribution < 1.29 is 13.2 Å². The molecule has 9 nitrogen and oxygen atoms in total. The minimum atomic E-state index is -3.87. The first-order valence-electron chi connectivity index (χ1n) is 12.2. The zero-order valence-electron chi connectivity index (χ0n) is 20.1. The average Bonchev–Trinajstić information content (AvgIpc) is 3.37. The van der Waals surface area contributed by atoms with E-state index in [-0.39, 0.29) is 10.8 Å². The maximum atomic E-state index is 13.8. The number of anilines is 2. The molecule has 34 heavy (non-hydrogen) atoms. The number of carbonyl (C=O) groups is 1. The van der Waals surface area contributed by atoms with Crippen LogP contribution in [0.4, 0.5) is 11.6 Å². The molecule has 1 saturated heterocycles. The van der Waals surface area contributed by atoms with Crippen LogP contribution in [0.1, 0.15) is 44.6 Å². The molecule has 0 radical (unpaired) electrons. The Balaban J connectivity index is 1.54. The number of sulfonamides is 1. The molecule has 3 heterocycles. The molecule has 0 spiro atoms. The third-order valence-corrected chi connectivity index (χ3v) is 8.87. The topological polar surface area (TPSA) is 110 Å². The van der Waals surface area contributed by atoms with Crippen molar-refractivity contribution >= 4 is 27.6 Å². The van der Waals surface area contributed by atoms with Gasteiger partial charge in [-0.1, -0.05) is 19.1 Å². The molecule has 1 atom stereocenters. The molecule has 0 aliphatic carbocycles. The number of nitrogens with one attached hydrogen (secondary N) is 3. The van der Waals surface area contributed by atoms with Gasteiger partial charge >= 0.3 is 0 Å². The molecule has 186 valence electrons. The minimum Gasteiger partial charge on any atom is -0.384 e. The Labute approximate surface area is 202 Å². The van der Waals surface area contributed by atoms with Crippen LogP contribution in [0.3, 0.4) is 0 Å². The molecule has 0 saturated carbocycles. The van der Waals surface area contributed by atoms with E-state index in [1.807, 2.05) is 11.0 Å². The van der Waals surface area contributed by atoms with Crippen molar-refractivity contribution in [3.8, 4) is 0 Å². The highest BCUT2D eigenvalue weighted by molar-refractivity contribution is 7.89. The Hall–Kier alpha value is -2.59. The van der Waals surface area contributed by atoms with Crippen molar-refractivity contribution in [1.29, 1.82) is 0 Å². The molecule has 4 rings (SSSR count). The number of fused-ring (bicyclic) bond motifs is 1. The molecule has 0 bridgehead atoms. The van der Waals surface area contributed by atoms with Crippen LogP contribution >= 0.6 is 0 Å². The number of amides is 1. The Morgan fingerprint density at radius 3 is 2.85 bits per heavy atom. The van der Waals surface area contributed by atoms with Gasteiger partial charge in [0.25, 0.3) is 0 Å². The van der Waals surface area contributed by atoms with Crippen molar-refractivity contribution in [2.45, 2.75) is 56.4 Å². The van der Waals surface area contributed by atoms with E-state index in [1.165, 1.54) is 4.31 Å². The zero-order chi connectivity index (χ0) is 24.1. The van der Waals surface area contributed by atoms with Gasteiger partial charge in [0, 0.05) is 45.6 Å². The summed E-state index contributed by atoms with van der Waals surface area (Å²) in [5.74, 6) is 1.15. The number of carbonyl (C=O) groups excluding carboxylic acids is 1. The number of likely N-dealkylation sites (N-methyl/N-ethyl adjacent to an activating group) is 1. The summed E-state index contributed by atoms with van der Waals surface area (Å²) < 4.78 is 28.9. The van der Waals surface area contributed by atoms with Gasteiger partial charge in [-0.05, 0) is 56.1 Å². The van der Waals surface area contributed by atoms with Gasteiger partial charge in [-0.25, -0.2) is 13.4 Å². The minimum absolute atomic E-state index is 0.103. The van der Waals surface area contributed by atoms with E-state index in [4.69, 9.17) is 0 Å². The Morgan fingerprint density at radius 1 is 1.32 bits per heavy atom. The van der Waals surface area contributed by atoms with E-state index in [1.54, 1.807) is 31.6 Å². The summed E-state index contributed by atoms with van der Waals surface area (Å²) in [4.78, 5) is 22.8. The lowest BCUT2D eigenvalue weighted by Crippen LogP contribution is -2.51. The SMILES string of the molecule is CC1CCN(C(=O)[C@H](CCCNc2ncc[nH]2)N(C)S(=O)(=O)c2cccc3c2NCCC3)CC1. The van der Waals surface area contributed by atoms with Crippen LogP contribution in [-0.4, -0.2) is 72.8 Å². The number of para-hydroxylation sites is 1. The number of rotatable bonds is 9. The largest absolute Gasteiger partial charge is 0.384 e. The van der Waals surface area contributed by atoms with Crippen molar-refractivity contribution in [1.82, 2.24) is 19.2 Å². The van der Waals surface area contributed by atoms with E-state index in [9.17, 15) is 13.2 Å². The number of nitrogens with zero attached hydrogens (tertiary/aromatic N) is 3. The number of hydrogen-bond acceptors (Lipinski definition) is 6. The van der Waals surface area contributed by atoms with Crippen LogP contribution in [0.15, 0.2) is 35.5 Å². The predicted octanol–water partition coefficient (Wildman–Crippen LogP) is 2.91. The quantitative estimate of drug-likeness (QED) is 0.468. The lowest BCUT2D eigenvalue weighted by Gasteiger charge is -2.36. The predicted molar refractivity (Wildman–Crippen MR) is 133 cm³/mol. The van der Waals surface area contributed by atoms with E-state index in [0.29, 0.717) is 50.0 Å². The first kappa shape index (κ1) is 24.5. The van der Waals surface area contributed by atoms with Crippen LogP contribution in [0.25, 0.3) is 0 Å². The standard InChI is InChI=1S/C24H36N6O3S/c1-18-10-16-30(17-11-18)23(31)20(8-5-13-26-24-27-14-15-28-24)29(2)34(32,33)21-9-3-6-19-7-4-12-25-22(19)21/h3,6,9,14-15,18,20,25H,4-5,7-8,10-13,16-17H2,1-2H3,(H2,26,27,28)/t20-/m0/s1. The molecule has 1 aromatic heterocycles. The number of aromatic amines is 1. The molecule has 2 aromatic rings. The fraction of sp³-hybridized carbons (Fsp3) is 0.583. The lowest BCUT2D eigenvalue weighted by atomic mass is 9.98. The monoisotopic (exact) mass is 488 g/mol. The average molecular weight is 489 g/mol. The maximum absolute atomic E-state index is 13.8. The maximum Gasteiger partial charge on any atom is 0.245 e. The summed E-state index contributed by atoms with van der Waals surface area (Å²) in [5.41, 5.74) is 1.69. The summed E-state index contributed by atoms with van der Waals surface area (Å²) in [6.45, 7) is 4.89. The second kappa shape index (κ2) is 10.8. The molecule has 1 fully saturated rings. The molecule has 3 N–H and O–H groups in total. The smallest absolute Gasteiger partial charge is 0.245 e. The number of H-pyrrole nitrogens is 1. The molecule has 0 unspecified atom stereocenters. The number of aromatic nitrogens is 2. The summed E-state index contributed by atoms with van der Waals surface area (Å²) in [6.07, 6.45) is 8.19. The Morgan fingerprint density at radius 2 is 2.12 bits per heavy atom. The van der Waals surface area contributed by atoms with Crippen LogP contribution in [0.2, 0.25) is 0 Å². The molecule has 1 amide bonds. The number of imidazole rings is 1. The van der Waals surface area contributed by atoms with E-state index < -0.39 is 16.1 Å². The van der Waals surface area contributed by atoms with Gasteiger partial charge in [0.05, 0.1) is 5.69 Å². The first-order chi connectivity index (χ1) is 16.4. The highest BCUT2D eigenvalue weighted by Crippen LogP contribution is 2.32. The zero-order valence-corrected chi connectivity index (χ0v) is 20.9. The molecule has 10 heteroatoms. The Bertz CT molecular complexity index is 1060. The van der Waals surface area contributed by atoms with Crippen molar-refractivity contribution in [3.63, 3.8) is 0 Å². The first-order valence-corrected chi connectivity index (χ1v) is 13.7. The van der Waals surface area contributed by atoms with Gasteiger partial charge in [-0.3, -0.25) is 4.79 Å². The molecule has 2 aliphatic rings. The van der Waals surface area contributed by atoms with Crippen LogP contribution in [0, 0.1) is 5.92 Å². The van der Waals surface area contributed by atoms with Gasteiger partial charge < -0.3 is 20.5 Å². The highest BCUT2D eigenvalue weighted by Gasteiger charge is 2.37. The summed E-state index contributed by atoms with van der Waals surface area (Å²) in [7, 11) is -2.32.